The van der Waals surface area contributed by atoms with Crippen LogP contribution < -0.4 is 5.84 Å². The molecule has 0 aliphatic heterocycles. The van der Waals surface area contributed by atoms with Crippen LogP contribution in [0.1, 0.15) is 47.1 Å². The summed E-state index contributed by atoms with van der Waals surface area (Å²) in [5.74, 6) is 10.7. The van der Waals surface area contributed by atoms with E-state index in [-0.39, 0.29) is 0 Å². The Balaban J connectivity index is -0.000000211. The lowest BCUT2D eigenvalue weighted by atomic mass is 10.4. The first-order chi connectivity index (χ1) is 9.49. The van der Waals surface area contributed by atoms with Crippen LogP contribution in [0, 0.1) is 18.8 Å². The molecule has 1 aromatic heterocycles. The zero-order valence-corrected chi connectivity index (χ0v) is 14.2. The summed E-state index contributed by atoms with van der Waals surface area (Å²) >= 11 is 0. The van der Waals surface area contributed by atoms with Crippen LogP contribution in [-0.4, -0.2) is 22.0 Å². The molecule has 0 fully saturated rings. The molecule has 0 aromatic carbocycles. The number of hydrogen-bond donors (Lipinski definition) is 1. The topological polar surface area (TPSA) is 55.0 Å². The zero-order chi connectivity index (χ0) is 16.4. The fourth-order valence-electron chi connectivity index (χ4n) is 0.577. The average Bonchev–Trinajstić information content (AvgIpc) is 2.50. The first-order valence-electron chi connectivity index (χ1n) is 6.66. The molecule has 4 heteroatoms. The van der Waals surface area contributed by atoms with Crippen molar-refractivity contribution in [3.8, 4) is 11.8 Å². The van der Waals surface area contributed by atoms with Crippen molar-refractivity contribution in [2.45, 2.75) is 48.5 Å². The first-order valence-corrected chi connectivity index (χ1v) is 6.66. The largest absolute Gasteiger partial charge is 0.319 e. The van der Waals surface area contributed by atoms with E-state index in [1.54, 1.807) is 17.4 Å². The Morgan fingerprint density at radius 3 is 1.70 bits per heavy atom. The summed E-state index contributed by atoms with van der Waals surface area (Å²) < 4.78 is 0. The molecule has 1 rings (SSSR count). The van der Waals surface area contributed by atoms with E-state index in [1.807, 2.05) is 61.6 Å². The Bertz CT molecular complexity index is 366. The molecule has 0 bridgehead atoms. The minimum absolute atomic E-state index is 1.08. The molecule has 0 atom stereocenters. The maximum atomic E-state index is 5.31. The van der Waals surface area contributed by atoms with Gasteiger partial charge >= 0.3 is 0 Å². The van der Waals surface area contributed by atoms with Crippen molar-refractivity contribution in [2.24, 2.45) is 5.84 Å². The van der Waals surface area contributed by atoms with E-state index in [9.17, 15) is 0 Å². The molecule has 0 radical (unpaired) electrons. The van der Waals surface area contributed by atoms with E-state index in [0.717, 1.165) is 11.3 Å². The van der Waals surface area contributed by atoms with E-state index >= 15 is 0 Å². The van der Waals surface area contributed by atoms with Gasteiger partial charge in [0, 0.05) is 25.1 Å². The standard InChI is InChI=1S/C5H6N2.C5H12N2.C4H6.C2H6/c1-5-2-6-4-7-3-5;1-4-5(2)7(3)6;1-3-4-2;1-2/h2-4H,1H3;4H,6H2,1-3H3;1-2H3;1-2H3/b;5-4-;;. The van der Waals surface area contributed by atoms with Gasteiger partial charge in [-0.25, -0.2) is 15.8 Å². The van der Waals surface area contributed by atoms with E-state index in [0.29, 0.717) is 0 Å². The van der Waals surface area contributed by atoms with Gasteiger partial charge < -0.3 is 5.01 Å². The van der Waals surface area contributed by atoms with Crippen LogP contribution in [0.25, 0.3) is 0 Å². The third-order valence-electron chi connectivity index (χ3n) is 1.91. The Morgan fingerprint density at radius 1 is 1.20 bits per heavy atom. The number of nitrogens with zero attached hydrogens (tertiary/aromatic N) is 3. The number of allylic oxidation sites excluding steroid dienone is 2. The lowest BCUT2D eigenvalue weighted by molar-refractivity contribution is 0.441. The molecule has 0 saturated carbocycles. The second-order valence-electron chi connectivity index (χ2n) is 3.46. The molecule has 0 aliphatic rings. The lowest BCUT2D eigenvalue weighted by Gasteiger charge is -2.09. The van der Waals surface area contributed by atoms with Crippen molar-refractivity contribution in [1.82, 2.24) is 15.0 Å². The van der Waals surface area contributed by atoms with Crippen LogP contribution in [0.15, 0.2) is 30.5 Å². The van der Waals surface area contributed by atoms with Crippen LogP contribution in [0.3, 0.4) is 0 Å². The smallest absolute Gasteiger partial charge is 0.115 e. The number of nitrogens with two attached hydrogens (primary N) is 1. The molecule has 0 spiro atoms. The van der Waals surface area contributed by atoms with Crippen molar-refractivity contribution in [3.05, 3.63) is 36.1 Å². The monoisotopic (exact) mass is 278 g/mol. The third-order valence-corrected chi connectivity index (χ3v) is 1.91. The van der Waals surface area contributed by atoms with Gasteiger partial charge in [-0.3, -0.25) is 0 Å². The molecule has 20 heavy (non-hydrogen) atoms. The Kier molecular flexibility index (Phi) is 22.6. The normalized spacial score (nSPS) is 8.15. The fraction of sp³-hybridized carbons (Fsp3) is 0.500. The average molecular weight is 278 g/mol. The van der Waals surface area contributed by atoms with E-state index < -0.39 is 0 Å². The van der Waals surface area contributed by atoms with Gasteiger partial charge in [-0.1, -0.05) is 19.9 Å². The maximum absolute atomic E-state index is 5.31. The molecule has 2 N–H and O–H groups in total. The minimum Gasteiger partial charge on any atom is -0.319 e. The molecule has 0 saturated heterocycles. The predicted octanol–water partition coefficient (Wildman–Crippen LogP) is 3.56. The third kappa shape index (κ3) is 21.4. The predicted molar refractivity (Wildman–Crippen MR) is 88.6 cm³/mol. The zero-order valence-electron chi connectivity index (χ0n) is 14.2. The second-order valence-corrected chi connectivity index (χ2v) is 3.46. The van der Waals surface area contributed by atoms with Crippen LogP contribution >= 0.6 is 0 Å². The summed E-state index contributed by atoms with van der Waals surface area (Å²) in [7, 11) is 1.81. The highest BCUT2D eigenvalue weighted by Gasteiger charge is 1.83. The molecule has 114 valence electrons. The molecular formula is C16H30N4. The van der Waals surface area contributed by atoms with Gasteiger partial charge in [0.05, 0.1) is 0 Å². The van der Waals surface area contributed by atoms with Crippen LogP contribution in [0.5, 0.6) is 0 Å². The second kappa shape index (κ2) is 19.5. The minimum atomic E-state index is 1.08. The van der Waals surface area contributed by atoms with Crippen molar-refractivity contribution < 1.29 is 0 Å². The molecule has 1 heterocycles. The highest BCUT2D eigenvalue weighted by Crippen LogP contribution is 1.89. The van der Waals surface area contributed by atoms with Gasteiger partial charge in [0.2, 0.25) is 0 Å². The van der Waals surface area contributed by atoms with Crippen molar-refractivity contribution in [2.75, 3.05) is 7.05 Å². The molecule has 1 aromatic rings. The molecular weight excluding hydrogens is 248 g/mol. The fourth-order valence-corrected chi connectivity index (χ4v) is 0.577. The number of hydrogen-bond acceptors (Lipinski definition) is 4. The molecule has 0 unspecified atom stereocenters. The van der Waals surface area contributed by atoms with Crippen LogP contribution in [-0.2, 0) is 0 Å². The quantitative estimate of drug-likeness (QED) is 0.485. The van der Waals surface area contributed by atoms with Gasteiger partial charge in [-0.2, -0.15) is 0 Å². The Labute approximate surface area is 125 Å². The van der Waals surface area contributed by atoms with Gasteiger partial charge in [0.1, 0.15) is 6.33 Å². The molecule has 4 nitrogen and oxygen atoms in total. The summed E-state index contributed by atoms with van der Waals surface area (Å²) in [6.45, 7) is 13.5. The Morgan fingerprint density at radius 2 is 1.60 bits per heavy atom. The Hall–Kier alpha value is -1.86. The number of rotatable bonds is 1. The summed E-state index contributed by atoms with van der Waals surface area (Å²) in [5, 5.41) is 1.58. The van der Waals surface area contributed by atoms with Crippen molar-refractivity contribution in [3.63, 3.8) is 0 Å². The van der Waals surface area contributed by atoms with Gasteiger partial charge in [-0.15, -0.1) is 11.8 Å². The summed E-state index contributed by atoms with van der Waals surface area (Å²) in [6.07, 6.45) is 7.02. The van der Waals surface area contributed by atoms with Gasteiger partial charge in [0.25, 0.3) is 0 Å². The lowest BCUT2D eigenvalue weighted by Crippen LogP contribution is -2.23. The highest BCUT2D eigenvalue weighted by atomic mass is 15.4. The first kappa shape index (κ1) is 23.2. The molecule has 0 aliphatic carbocycles. The van der Waals surface area contributed by atoms with Gasteiger partial charge in [0.15, 0.2) is 0 Å². The maximum Gasteiger partial charge on any atom is 0.115 e. The summed E-state index contributed by atoms with van der Waals surface area (Å²) in [4.78, 5) is 7.55. The van der Waals surface area contributed by atoms with Crippen LogP contribution in [0.2, 0.25) is 0 Å². The van der Waals surface area contributed by atoms with E-state index in [1.165, 1.54) is 6.33 Å². The highest BCUT2D eigenvalue weighted by molar-refractivity contribution is 4.97. The molecule has 0 amide bonds. The van der Waals surface area contributed by atoms with E-state index in [4.69, 9.17) is 5.84 Å². The SMILES string of the molecule is C/C=C(/C)N(C)N.CC.CC#CC.Cc1cncnc1. The summed E-state index contributed by atoms with van der Waals surface area (Å²) in [5.41, 5.74) is 2.18. The number of aromatic nitrogens is 2. The van der Waals surface area contributed by atoms with Crippen molar-refractivity contribution in [1.29, 1.82) is 0 Å². The van der Waals surface area contributed by atoms with Crippen LogP contribution in [0.4, 0.5) is 0 Å². The van der Waals surface area contributed by atoms with Gasteiger partial charge in [-0.05, 0) is 40.2 Å². The van der Waals surface area contributed by atoms with E-state index in [2.05, 4.69) is 21.8 Å². The summed E-state index contributed by atoms with van der Waals surface area (Å²) in [6, 6.07) is 0. The number of aryl methyl sites for hydroxylation is 1. The van der Waals surface area contributed by atoms with Crippen molar-refractivity contribution >= 4 is 0 Å². The number of hydrazine groups is 1.